The molecule has 1 aliphatic rings. The van der Waals surface area contributed by atoms with Crippen LogP contribution in [0.5, 0.6) is 5.75 Å². The van der Waals surface area contributed by atoms with Gasteiger partial charge in [0, 0.05) is 13.3 Å². The molecule has 5 heteroatoms. The minimum Gasteiger partial charge on any atom is -0.508 e. The molecule has 0 unspecified atom stereocenters. The summed E-state index contributed by atoms with van der Waals surface area (Å²) < 4.78 is 5.34. The molecule has 5 nitrogen and oxygen atoms in total. The van der Waals surface area contributed by atoms with Gasteiger partial charge in [-0.15, -0.1) is 0 Å². The van der Waals surface area contributed by atoms with E-state index in [1.807, 2.05) is 12.1 Å². The lowest BCUT2D eigenvalue weighted by atomic mass is 10.0. The Morgan fingerprint density at radius 2 is 2.25 bits per heavy atom. The number of carbonyl (C=O) groups excluding carboxylic acids is 1. The number of hydrogen-bond donors (Lipinski definition) is 1. The lowest BCUT2D eigenvalue weighted by molar-refractivity contribution is -0.130. The zero-order chi connectivity index (χ0) is 14.1. The molecule has 1 N–H and O–H groups in total. The van der Waals surface area contributed by atoms with Crippen molar-refractivity contribution in [1.29, 1.82) is 0 Å². The van der Waals surface area contributed by atoms with Crippen LogP contribution in [0.1, 0.15) is 30.7 Å². The van der Waals surface area contributed by atoms with Crippen LogP contribution in [0.2, 0.25) is 0 Å². The van der Waals surface area contributed by atoms with Crippen molar-refractivity contribution in [3.63, 3.8) is 0 Å². The molecule has 1 amide bonds. The Bertz CT molecular complexity index is 662. The van der Waals surface area contributed by atoms with Crippen LogP contribution in [0.3, 0.4) is 0 Å². The van der Waals surface area contributed by atoms with Crippen LogP contribution in [-0.2, 0) is 4.79 Å². The van der Waals surface area contributed by atoms with Crippen molar-refractivity contribution in [1.82, 2.24) is 5.01 Å². The number of carbonyl (C=O) groups is 1. The van der Waals surface area contributed by atoms with Crippen molar-refractivity contribution in [3.8, 4) is 5.75 Å². The fraction of sp³-hybridized carbons (Fsp3) is 0.200. The molecule has 0 fully saturated rings. The standard InChI is InChI=1S/C15H14N2O3/c1-10(18)17-14(11-4-2-5-12(19)8-11)9-13(16-17)15-6-3-7-20-15/h2-8,14,19H,9H2,1H3/t14-/m1/s1. The number of hydrazone groups is 1. The van der Waals surface area contributed by atoms with E-state index >= 15 is 0 Å². The molecule has 1 aliphatic heterocycles. The van der Waals surface area contributed by atoms with Gasteiger partial charge >= 0.3 is 0 Å². The second-order valence-corrected chi connectivity index (χ2v) is 4.70. The number of aromatic hydroxyl groups is 1. The molecule has 1 atom stereocenters. The average Bonchev–Trinajstić information content (AvgIpc) is 3.08. The molecule has 0 spiro atoms. The molecule has 102 valence electrons. The van der Waals surface area contributed by atoms with Gasteiger partial charge in [-0.3, -0.25) is 4.79 Å². The summed E-state index contributed by atoms with van der Waals surface area (Å²) >= 11 is 0. The number of nitrogens with zero attached hydrogens (tertiary/aromatic N) is 2. The number of benzene rings is 1. The molecule has 0 bridgehead atoms. The molecule has 20 heavy (non-hydrogen) atoms. The molecule has 0 aliphatic carbocycles. The minimum absolute atomic E-state index is 0.139. The maximum atomic E-state index is 11.8. The Labute approximate surface area is 116 Å². The fourth-order valence-corrected chi connectivity index (χ4v) is 2.38. The maximum absolute atomic E-state index is 11.8. The van der Waals surface area contributed by atoms with Gasteiger partial charge in [0.15, 0.2) is 0 Å². The highest BCUT2D eigenvalue weighted by molar-refractivity contribution is 6.00. The predicted octanol–water partition coefficient (Wildman–Crippen LogP) is 2.68. The van der Waals surface area contributed by atoms with Crippen LogP contribution in [0.15, 0.2) is 52.2 Å². The minimum atomic E-state index is -0.209. The third kappa shape index (κ3) is 2.18. The molecular formula is C15H14N2O3. The Morgan fingerprint density at radius 1 is 1.40 bits per heavy atom. The molecular weight excluding hydrogens is 256 g/mol. The van der Waals surface area contributed by atoms with Gasteiger partial charge in [-0.2, -0.15) is 5.10 Å². The summed E-state index contributed by atoms with van der Waals surface area (Å²) in [5, 5.41) is 15.4. The van der Waals surface area contributed by atoms with Gasteiger partial charge in [-0.25, -0.2) is 5.01 Å². The summed E-state index contributed by atoms with van der Waals surface area (Å²) in [5.74, 6) is 0.705. The lowest BCUT2D eigenvalue weighted by Gasteiger charge is -2.20. The highest BCUT2D eigenvalue weighted by Crippen LogP contribution is 2.33. The van der Waals surface area contributed by atoms with Crippen LogP contribution in [0.25, 0.3) is 0 Å². The van der Waals surface area contributed by atoms with Gasteiger partial charge in [0.2, 0.25) is 5.91 Å². The van der Waals surface area contributed by atoms with E-state index in [2.05, 4.69) is 5.10 Å². The molecule has 3 rings (SSSR count). The normalized spacial score (nSPS) is 18.1. The van der Waals surface area contributed by atoms with Crippen molar-refractivity contribution in [2.75, 3.05) is 0 Å². The monoisotopic (exact) mass is 270 g/mol. The van der Waals surface area contributed by atoms with Crippen molar-refractivity contribution in [2.24, 2.45) is 5.10 Å². The molecule has 0 saturated carbocycles. The lowest BCUT2D eigenvalue weighted by Crippen LogP contribution is -2.24. The van der Waals surface area contributed by atoms with Crippen LogP contribution < -0.4 is 0 Å². The predicted molar refractivity (Wildman–Crippen MR) is 73.2 cm³/mol. The third-order valence-corrected chi connectivity index (χ3v) is 3.29. The number of rotatable bonds is 2. The highest BCUT2D eigenvalue weighted by Gasteiger charge is 2.32. The van der Waals surface area contributed by atoms with Crippen molar-refractivity contribution in [3.05, 3.63) is 54.0 Å². The molecule has 0 saturated heterocycles. The number of amides is 1. The number of hydrogen-bond acceptors (Lipinski definition) is 4. The molecule has 0 radical (unpaired) electrons. The zero-order valence-corrected chi connectivity index (χ0v) is 11.0. The first-order valence-corrected chi connectivity index (χ1v) is 6.35. The first-order valence-electron chi connectivity index (χ1n) is 6.35. The van der Waals surface area contributed by atoms with Gasteiger partial charge in [0.25, 0.3) is 0 Å². The first kappa shape index (κ1) is 12.5. The van der Waals surface area contributed by atoms with E-state index in [-0.39, 0.29) is 17.7 Å². The second-order valence-electron chi connectivity index (χ2n) is 4.70. The van der Waals surface area contributed by atoms with E-state index in [1.54, 1.807) is 30.5 Å². The Hall–Kier alpha value is -2.56. The van der Waals surface area contributed by atoms with Gasteiger partial charge in [0.05, 0.1) is 12.3 Å². The van der Waals surface area contributed by atoms with E-state index in [0.29, 0.717) is 12.2 Å². The van der Waals surface area contributed by atoms with E-state index in [9.17, 15) is 9.90 Å². The van der Waals surface area contributed by atoms with E-state index in [1.165, 1.54) is 11.9 Å². The number of phenols is 1. The topological polar surface area (TPSA) is 66.0 Å². The van der Waals surface area contributed by atoms with Gasteiger partial charge in [0.1, 0.15) is 17.2 Å². The maximum Gasteiger partial charge on any atom is 0.240 e. The van der Waals surface area contributed by atoms with Crippen LogP contribution in [-0.4, -0.2) is 21.7 Å². The quantitative estimate of drug-likeness (QED) is 0.912. The number of furan rings is 1. The largest absolute Gasteiger partial charge is 0.508 e. The Kier molecular flexibility index (Phi) is 3.02. The first-order chi connectivity index (χ1) is 9.65. The van der Waals surface area contributed by atoms with E-state index in [4.69, 9.17) is 4.42 Å². The summed E-state index contributed by atoms with van der Waals surface area (Å²) in [6.07, 6.45) is 2.15. The van der Waals surface area contributed by atoms with Crippen molar-refractivity contribution < 1.29 is 14.3 Å². The summed E-state index contributed by atoms with van der Waals surface area (Å²) in [4.78, 5) is 11.8. The van der Waals surface area contributed by atoms with Gasteiger partial charge < -0.3 is 9.52 Å². The van der Waals surface area contributed by atoms with Crippen LogP contribution in [0.4, 0.5) is 0 Å². The Morgan fingerprint density at radius 3 is 2.90 bits per heavy atom. The second kappa shape index (κ2) is 4.85. The van der Waals surface area contributed by atoms with E-state index < -0.39 is 0 Å². The van der Waals surface area contributed by atoms with Crippen molar-refractivity contribution in [2.45, 2.75) is 19.4 Å². The van der Waals surface area contributed by atoms with Crippen molar-refractivity contribution >= 4 is 11.6 Å². The summed E-state index contributed by atoms with van der Waals surface area (Å²) in [6.45, 7) is 1.48. The third-order valence-electron chi connectivity index (χ3n) is 3.29. The van der Waals surface area contributed by atoms with Gasteiger partial charge in [-0.05, 0) is 29.8 Å². The zero-order valence-electron chi connectivity index (χ0n) is 11.0. The van der Waals surface area contributed by atoms with E-state index in [0.717, 1.165) is 11.3 Å². The summed E-state index contributed by atoms with van der Waals surface area (Å²) in [6, 6.07) is 10.3. The van der Waals surface area contributed by atoms with Gasteiger partial charge in [-0.1, -0.05) is 12.1 Å². The van der Waals surface area contributed by atoms with Crippen LogP contribution in [0, 0.1) is 0 Å². The molecule has 1 aromatic heterocycles. The summed E-state index contributed by atoms with van der Waals surface area (Å²) in [7, 11) is 0. The highest BCUT2D eigenvalue weighted by atomic mass is 16.3. The molecule has 2 aromatic rings. The van der Waals surface area contributed by atoms with Crippen LogP contribution >= 0.6 is 0 Å². The Balaban J connectivity index is 1.95. The number of phenolic OH excluding ortho intramolecular Hbond substituents is 1. The fourth-order valence-electron chi connectivity index (χ4n) is 2.38. The molecule has 2 heterocycles. The average molecular weight is 270 g/mol. The SMILES string of the molecule is CC(=O)N1N=C(c2ccco2)C[C@@H]1c1cccc(O)c1. The smallest absolute Gasteiger partial charge is 0.240 e. The summed E-state index contributed by atoms with van der Waals surface area (Å²) in [5.41, 5.74) is 1.59. The molecule has 1 aromatic carbocycles.